The second-order valence-corrected chi connectivity index (χ2v) is 15.0. The number of benzene rings is 5. The van der Waals surface area contributed by atoms with Gasteiger partial charge in [-0.3, -0.25) is 0 Å². The summed E-state index contributed by atoms with van der Waals surface area (Å²) in [4.78, 5) is 0. The van der Waals surface area contributed by atoms with Gasteiger partial charge >= 0.3 is 0 Å². The number of hydrogen-bond acceptors (Lipinski definition) is 2. The number of rotatable bonds is 4. The zero-order chi connectivity index (χ0) is 39.0. The average molecular weight is 699 g/mol. The van der Waals surface area contributed by atoms with E-state index in [-0.39, 0.29) is 10.8 Å². The first-order valence-electron chi connectivity index (χ1n) is 17.6. The van der Waals surface area contributed by atoms with Crippen LogP contribution in [0.15, 0.2) is 121 Å². The Morgan fingerprint density at radius 2 is 0.722 bits per heavy atom. The van der Waals surface area contributed by atoms with Crippen molar-refractivity contribution in [3.63, 3.8) is 0 Å². The summed E-state index contributed by atoms with van der Waals surface area (Å²) in [6.45, 7) is 13.0. The number of terminal acetylenes is 2. The van der Waals surface area contributed by atoms with E-state index >= 15 is 0 Å². The monoisotopic (exact) mass is 698 g/mol. The number of aliphatic hydroxyl groups is 2. The van der Waals surface area contributed by atoms with Gasteiger partial charge in [0.1, 0.15) is 0 Å². The molecule has 2 atom stereocenters. The van der Waals surface area contributed by atoms with Crippen LogP contribution in [0.5, 0.6) is 0 Å². The maximum absolute atomic E-state index is 12.4. The van der Waals surface area contributed by atoms with Gasteiger partial charge < -0.3 is 10.2 Å². The third-order valence-electron chi connectivity index (χ3n) is 9.17. The molecule has 0 aliphatic heterocycles. The fourth-order valence-corrected chi connectivity index (χ4v) is 6.00. The molecule has 0 spiro atoms. The van der Waals surface area contributed by atoms with Crippen LogP contribution < -0.4 is 0 Å². The minimum absolute atomic E-state index is 0.0285. The van der Waals surface area contributed by atoms with Crippen LogP contribution in [-0.4, -0.2) is 10.2 Å². The quantitative estimate of drug-likeness (QED) is 0.184. The van der Waals surface area contributed by atoms with Crippen LogP contribution in [0.3, 0.4) is 0 Å². The lowest BCUT2D eigenvalue weighted by molar-refractivity contribution is 0.141. The molecule has 262 valence electrons. The molecule has 0 aliphatic carbocycles. The predicted molar refractivity (Wildman–Crippen MR) is 221 cm³/mol. The van der Waals surface area contributed by atoms with Gasteiger partial charge in [-0.15, -0.1) is 12.8 Å². The third-order valence-corrected chi connectivity index (χ3v) is 9.17. The fraction of sp³-hybridized carbons (Fsp3) is 0.192. The smallest absolute Gasteiger partial charge is 0.179 e. The van der Waals surface area contributed by atoms with E-state index in [2.05, 4.69) is 125 Å². The van der Waals surface area contributed by atoms with Gasteiger partial charge in [-0.1, -0.05) is 150 Å². The van der Waals surface area contributed by atoms with Gasteiger partial charge in [-0.25, -0.2) is 0 Å². The SMILES string of the molecule is C#CC#CC(O)(c1ccc(C(O)(C#CC#C)c2ccccc2C#Cc2ccc(C(C)(C)C)cc2)cc1)c1ccccc1C#Cc1ccc(C(C)(C)C)cc1. The number of hydrogen-bond donors (Lipinski definition) is 2. The standard InChI is InChI=1S/C52H42O2/c1-9-11-37-51(53,47-19-15-13-17-41(47)27-21-39-23-29-43(30-24-39)49(3,4)5)45-33-35-46(36-34-45)52(54,38-12-10-2)48-20-16-14-18-42(48)28-22-40-25-31-44(32-26-40)50(6,7)8/h1-2,13-20,23-26,29-36,53-54H,3-8H3. The Labute approximate surface area is 321 Å². The Balaban J connectivity index is 1.56. The van der Waals surface area contributed by atoms with Crippen molar-refractivity contribution in [1.82, 2.24) is 0 Å². The molecule has 0 heterocycles. The van der Waals surface area contributed by atoms with Crippen LogP contribution in [0.25, 0.3) is 0 Å². The third kappa shape index (κ3) is 8.70. The highest BCUT2D eigenvalue weighted by Crippen LogP contribution is 2.36. The van der Waals surface area contributed by atoms with E-state index in [4.69, 9.17) is 12.8 Å². The van der Waals surface area contributed by atoms with Crippen molar-refractivity contribution in [1.29, 1.82) is 0 Å². The summed E-state index contributed by atoms with van der Waals surface area (Å²) >= 11 is 0. The maximum atomic E-state index is 12.4. The Hall–Kier alpha value is -6.62. The van der Waals surface area contributed by atoms with Crippen LogP contribution in [0.1, 0.15) is 97.2 Å². The topological polar surface area (TPSA) is 40.5 Å². The van der Waals surface area contributed by atoms with E-state index in [0.717, 1.165) is 11.1 Å². The average Bonchev–Trinajstić information content (AvgIpc) is 3.17. The summed E-state index contributed by atoms with van der Waals surface area (Å²) in [7, 11) is 0. The summed E-state index contributed by atoms with van der Waals surface area (Å²) < 4.78 is 0. The minimum atomic E-state index is -1.83. The highest BCUT2D eigenvalue weighted by atomic mass is 16.3. The predicted octanol–water partition coefficient (Wildman–Crippen LogP) is 8.83. The molecule has 5 rings (SSSR count). The van der Waals surface area contributed by atoms with Gasteiger partial charge in [0.15, 0.2) is 11.2 Å². The second kappa shape index (κ2) is 16.0. The second-order valence-electron chi connectivity index (χ2n) is 15.0. The molecule has 2 nitrogen and oxygen atoms in total. The maximum Gasteiger partial charge on any atom is 0.179 e. The molecule has 0 radical (unpaired) electrons. The molecular formula is C52H42O2. The zero-order valence-corrected chi connectivity index (χ0v) is 31.6. The molecule has 0 aliphatic rings. The van der Waals surface area contributed by atoms with Crippen molar-refractivity contribution in [2.24, 2.45) is 0 Å². The van der Waals surface area contributed by atoms with Gasteiger partial charge in [0, 0.05) is 44.5 Å². The lowest BCUT2D eigenvalue weighted by Crippen LogP contribution is -2.29. The van der Waals surface area contributed by atoms with Crippen molar-refractivity contribution >= 4 is 0 Å². The van der Waals surface area contributed by atoms with Crippen molar-refractivity contribution in [3.8, 4) is 72.1 Å². The molecule has 0 bridgehead atoms. The highest BCUT2D eigenvalue weighted by Gasteiger charge is 2.35. The van der Waals surface area contributed by atoms with Gasteiger partial charge in [0.2, 0.25) is 0 Å². The molecule has 0 amide bonds. The molecule has 0 saturated heterocycles. The fourth-order valence-electron chi connectivity index (χ4n) is 6.00. The van der Waals surface area contributed by atoms with E-state index in [0.29, 0.717) is 33.4 Å². The molecule has 5 aromatic carbocycles. The Bertz CT molecular complexity index is 2320. The molecular weight excluding hydrogens is 657 g/mol. The summed E-state index contributed by atoms with van der Waals surface area (Å²) in [5.74, 6) is 28.6. The Morgan fingerprint density at radius 3 is 1.04 bits per heavy atom. The van der Waals surface area contributed by atoms with Gasteiger partial charge in [-0.2, -0.15) is 0 Å². The molecule has 54 heavy (non-hydrogen) atoms. The van der Waals surface area contributed by atoms with Crippen molar-refractivity contribution in [2.75, 3.05) is 0 Å². The first-order valence-corrected chi connectivity index (χ1v) is 17.6. The molecule has 0 fully saturated rings. The van der Waals surface area contributed by atoms with Crippen molar-refractivity contribution in [3.05, 3.63) is 177 Å². The largest absolute Gasteiger partial charge is 0.369 e. The van der Waals surface area contributed by atoms with E-state index in [1.807, 2.05) is 60.7 Å². The van der Waals surface area contributed by atoms with Crippen LogP contribution >= 0.6 is 0 Å². The summed E-state index contributed by atoms with van der Waals surface area (Å²) in [6.07, 6.45) is 11.1. The van der Waals surface area contributed by atoms with E-state index in [1.54, 1.807) is 36.4 Å². The minimum Gasteiger partial charge on any atom is -0.369 e. The lowest BCUT2D eigenvalue weighted by Gasteiger charge is -2.28. The van der Waals surface area contributed by atoms with E-state index < -0.39 is 11.2 Å². The molecule has 2 unspecified atom stereocenters. The van der Waals surface area contributed by atoms with Gasteiger partial charge in [0.05, 0.1) is 0 Å². The molecule has 2 N–H and O–H groups in total. The van der Waals surface area contributed by atoms with Crippen LogP contribution in [0.2, 0.25) is 0 Å². The molecule has 5 aromatic rings. The van der Waals surface area contributed by atoms with Gasteiger partial charge in [0.25, 0.3) is 0 Å². The van der Waals surface area contributed by atoms with E-state index in [1.165, 1.54) is 11.1 Å². The summed E-state index contributed by atoms with van der Waals surface area (Å²) in [6, 6.07) is 37.7. The first kappa shape index (κ1) is 38.6. The van der Waals surface area contributed by atoms with E-state index in [9.17, 15) is 10.2 Å². The summed E-state index contributed by atoms with van der Waals surface area (Å²) in [5.41, 5.74) is 3.48. The zero-order valence-electron chi connectivity index (χ0n) is 31.6. The normalized spacial score (nSPS) is 12.9. The van der Waals surface area contributed by atoms with Gasteiger partial charge in [-0.05, 0) is 93.9 Å². The molecule has 0 aromatic heterocycles. The van der Waals surface area contributed by atoms with Crippen molar-refractivity contribution in [2.45, 2.75) is 63.6 Å². The van der Waals surface area contributed by atoms with Crippen LogP contribution in [0, 0.1) is 72.1 Å². The summed E-state index contributed by atoms with van der Waals surface area (Å²) in [5, 5.41) is 24.7. The lowest BCUT2D eigenvalue weighted by atomic mass is 9.80. The first-order chi connectivity index (χ1) is 25.7. The van der Waals surface area contributed by atoms with Crippen LogP contribution in [-0.2, 0) is 22.0 Å². The Morgan fingerprint density at radius 1 is 0.407 bits per heavy atom. The highest BCUT2D eigenvalue weighted by molar-refractivity contribution is 5.59. The van der Waals surface area contributed by atoms with Crippen molar-refractivity contribution < 1.29 is 10.2 Å². The molecule has 2 heteroatoms. The molecule has 0 saturated carbocycles. The Kier molecular flexibility index (Phi) is 11.4. The van der Waals surface area contributed by atoms with Crippen LogP contribution in [0.4, 0.5) is 0 Å².